The Labute approximate surface area is 183 Å². The van der Waals surface area contributed by atoms with E-state index in [0.717, 1.165) is 55.2 Å². The van der Waals surface area contributed by atoms with Crippen LogP contribution in [-0.2, 0) is 11.2 Å². The lowest BCUT2D eigenvalue weighted by Gasteiger charge is -2.39. The molecule has 5 N–H and O–H groups in total. The van der Waals surface area contributed by atoms with E-state index in [9.17, 15) is 4.79 Å². The normalized spacial score (nSPS) is 21.8. The molecule has 2 aliphatic rings. The number of hydrogen-bond acceptors (Lipinski definition) is 4. The first kappa shape index (κ1) is 21.4. The number of aromatic amines is 1. The Balaban J connectivity index is 1.34. The number of carbonyl (C=O) groups excluding carboxylic acids is 1. The van der Waals surface area contributed by atoms with Gasteiger partial charge < -0.3 is 20.5 Å². The number of likely N-dealkylation sites (N-methyl/N-ethyl adjacent to an activating group) is 1. The van der Waals surface area contributed by atoms with Gasteiger partial charge in [-0.1, -0.05) is 31.5 Å². The summed E-state index contributed by atoms with van der Waals surface area (Å²) in [6.45, 7) is 3.63. The smallest absolute Gasteiger partial charge is 0.286 e. The van der Waals surface area contributed by atoms with Crippen molar-refractivity contribution in [3.63, 3.8) is 0 Å². The van der Waals surface area contributed by atoms with E-state index < -0.39 is 5.91 Å². The fourth-order valence-electron chi connectivity index (χ4n) is 4.95. The van der Waals surface area contributed by atoms with Crippen LogP contribution in [0.15, 0.2) is 30.5 Å². The summed E-state index contributed by atoms with van der Waals surface area (Å²) in [6.07, 6.45) is 6.77. The molecule has 2 saturated heterocycles. The molecule has 1 aromatic heterocycles. The Morgan fingerprint density at radius 1 is 1.23 bits per heavy atom. The van der Waals surface area contributed by atoms with Crippen molar-refractivity contribution >= 4 is 28.6 Å². The first-order valence-corrected chi connectivity index (χ1v) is 11.2. The number of H-pyrrole nitrogens is 1. The minimum atomic E-state index is -0.458. The van der Waals surface area contributed by atoms with Gasteiger partial charge in [-0.25, -0.2) is 0 Å². The maximum atomic E-state index is 12.7. The van der Waals surface area contributed by atoms with Gasteiger partial charge in [0.15, 0.2) is 11.8 Å². The summed E-state index contributed by atoms with van der Waals surface area (Å²) in [6, 6.07) is 8.99. The predicted molar refractivity (Wildman–Crippen MR) is 124 cm³/mol. The Hall–Kier alpha value is -2.87. The third-order valence-corrected chi connectivity index (χ3v) is 6.75. The number of amides is 1. The van der Waals surface area contributed by atoms with Crippen LogP contribution in [0.2, 0.25) is 0 Å². The Morgan fingerprint density at radius 3 is 2.65 bits per heavy atom. The van der Waals surface area contributed by atoms with Gasteiger partial charge in [0.2, 0.25) is 0 Å². The largest absolute Gasteiger partial charge is 0.361 e. The number of benzene rings is 1. The molecule has 4 rings (SSSR count). The van der Waals surface area contributed by atoms with Gasteiger partial charge in [0.05, 0.1) is 0 Å². The lowest BCUT2D eigenvalue weighted by molar-refractivity contribution is -0.115. The molecule has 2 bridgehead atoms. The molecule has 8 nitrogen and oxygen atoms in total. The van der Waals surface area contributed by atoms with Crippen molar-refractivity contribution in [2.75, 3.05) is 20.1 Å². The average molecular weight is 424 g/mol. The van der Waals surface area contributed by atoms with Crippen LogP contribution in [0.25, 0.3) is 10.9 Å². The number of hydrogen-bond donors (Lipinski definition) is 5. The predicted octanol–water partition coefficient (Wildman–Crippen LogP) is 2.28. The van der Waals surface area contributed by atoms with Crippen LogP contribution in [0.3, 0.4) is 0 Å². The maximum Gasteiger partial charge on any atom is 0.286 e. The topological polar surface area (TPSA) is 111 Å². The molecule has 2 fully saturated rings. The van der Waals surface area contributed by atoms with Crippen molar-refractivity contribution < 1.29 is 4.79 Å². The van der Waals surface area contributed by atoms with E-state index in [1.165, 1.54) is 0 Å². The SMILES string of the molecule is CCCC(Cc1c[nH]c2ccccc12)NC(=O)C(=N)NC(=N)N1CC2CCC(C1)N2C. The van der Waals surface area contributed by atoms with Crippen molar-refractivity contribution in [3.05, 3.63) is 36.0 Å². The molecule has 31 heavy (non-hydrogen) atoms. The lowest BCUT2D eigenvalue weighted by atomic mass is 10.0. The van der Waals surface area contributed by atoms with Gasteiger partial charge in [-0.2, -0.15) is 0 Å². The van der Waals surface area contributed by atoms with Crippen LogP contribution in [0.1, 0.15) is 38.2 Å². The second-order valence-electron chi connectivity index (χ2n) is 8.83. The molecule has 1 aromatic carbocycles. The summed E-state index contributed by atoms with van der Waals surface area (Å²) < 4.78 is 0. The second-order valence-corrected chi connectivity index (χ2v) is 8.83. The van der Waals surface area contributed by atoms with Crippen molar-refractivity contribution in [2.45, 2.75) is 57.2 Å². The number of piperazine rings is 1. The highest BCUT2D eigenvalue weighted by molar-refractivity contribution is 6.39. The van der Waals surface area contributed by atoms with E-state index in [1.807, 2.05) is 29.3 Å². The van der Waals surface area contributed by atoms with Crippen molar-refractivity contribution in [1.82, 2.24) is 25.4 Å². The molecule has 8 heteroatoms. The summed E-state index contributed by atoms with van der Waals surface area (Å²) in [7, 11) is 2.15. The van der Waals surface area contributed by atoms with Gasteiger partial charge in [0, 0.05) is 48.3 Å². The average Bonchev–Trinajstić information content (AvgIpc) is 3.22. The molecule has 1 amide bonds. The number of nitrogens with zero attached hydrogens (tertiary/aromatic N) is 2. The van der Waals surface area contributed by atoms with Crippen LogP contribution in [0, 0.1) is 10.8 Å². The minimum absolute atomic E-state index is 0.0625. The molecular weight excluding hydrogens is 390 g/mol. The fraction of sp³-hybridized carbons (Fsp3) is 0.522. The summed E-state index contributed by atoms with van der Waals surface area (Å²) in [4.78, 5) is 20.3. The second kappa shape index (κ2) is 9.09. The molecule has 2 aliphatic heterocycles. The fourth-order valence-corrected chi connectivity index (χ4v) is 4.95. The number of guanidine groups is 1. The molecule has 0 spiro atoms. The molecule has 3 atom stereocenters. The number of rotatable bonds is 5. The van der Waals surface area contributed by atoms with Gasteiger partial charge in [-0.3, -0.25) is 20.5 Å². The van der Waals surface area contributed by atoms with Crippen LogP contribution >= 0.6 is 0 Å². The minimum Gasteiger partial charge on any atom is -0.361 e. The number of carbonyl (C=O) groups is 1. The number of likely N-dealkylation sites (tertiary alicyclic amines) is 1. The molecule has 0 aliphatic carbocycles. The highest BCUT2D eigenvalue weighted by atomic mass is 16.2. The van der Waals surface area contributed by atoms with Crippen molar-refractivity contribution in [1.29, 1.82) is 10.8 Å². The zero-order valence-electron chi connectivity index (χ0n) is 18.4. The number of para-hydroxylation sites is 1. The lowest BCUT2D eigenvalue weighted by Crippen LogP contribution is -2.58. The maximum absolute atomic E-state index is 12.7. The summed E-state index contributed by atoms with van der Waals surface area (Å²) in [5, 5.41) is 23.5. The first-order valence-electron chi connectivity index (χ1n) is 11.2. The Bertz CT molecular complexity index is 954. The molecule has 0 saturated carbocycles. The van der Waals surface area contributed by atoms with Gasteiger partial charge in [0.1, 0.15) is 0 Å². The molecular formula is C23H33N7O. The molecule has 0 radical (unpaired) electrons. The third kappa shape index (κ3) is 4.58. The first-order chi connectivity index (χ1) is 15.0. The molecule has 3 unspecified atom stereocenters. The molecule has 2 aromatic rings. The van der Waals surface area contributed by atoms with Crippen LogP contribution in [-0.4, -0.2) is 70.7 Å². The summed E-state index contributed by atoms with van der Waals surface area (Å²) in [5.74, 6) is -0.578. The summed E-state index contributed by atoms with van der Waals surface area (Å²) >= 11 is 0. The highest BCUT2D eigenvalue weighted by Gasteiger charge is 2.38. The van der Waals surface area contributed by atoms with E-state index in [2.05, 4.69) is 40.6 Å². The van der Waals surface area contributed by atoms with Crippen molar-refractivity contribution in [2.24, 2.45) is 0 Å². The van der Waals surface area contributed by atoms with E-state index in [1.54, 1.807) is 0 Å². The van der Waals surface area contributed by atoms with Gasteiger partial charge in [-0.05, 0) is 44.4 Å². The quantitative estimate of drug-likeness (QED) is 0.375. The third-order valence-electron chi connectivity index (χ3n) is 6.75. The number of aromatic nitrogens is 1. The Kier molecular flexibility index (Phi) is 6.27. The zero-order chi connectivity index (χ0) is 22.0. The van der Waals surface area contributed by atoms with Crippen LogP contribution in [0.5, 0.6) is 0 Å². The van der Waals surface area contributed by atoms with E-state index in [4.69, 9.17) is 10.8 Å². The highest BCUT2D eigenvalue weighted by Crippen LogP contribution is 2.28. The van der Waals surface area contributed by atoms with E-state index >= 15 is 0 Å². The molecule has 3 heterocycles. The number of fused-ring (bicyclic) bond motifs is 3. The zero-order valence-corrected chi connectivity index (χ0v) is 18.4. The Morgan fingerprint density at radius 2 is 1.94 bits per heavy atom. The van der Waals surface area contributed by atoms with Crippen molar-refractivity contribution in [3.8, 4) is 0 Å². The summed E-state index contributed by atoms with van der Waals surface area (Å²) in [5.41, 5.74) is 2.25. The van der Waals surface area contributed by atoms with E-state index in [-0.39, 0.29) is 17.8 Å². The monoisotopic (exact) mass is 423 g/mol. The molecule has 166 valence electrons. The number of nitrogens with one attached hydrogen (secondary N) is 5. The van der Waals surface area contributed by atoms with E-state index in [0.29, 0.717) is 18.5 Å². The van der Waals surface area contributed by atoms with Gasteiger partial charge in [-0.15, -0.1) is 0 Å². The van der Waals surface area contributed by atoms with Gasteiger partial charge in [0.25, 0.3) is 5.91 Å². The van der Waals surface area contributed by atoms with Gasteiger partial charge >= 0.3 is 0 Å². The standard InChI is InChI=1S/C23H33N7O/c1-3-6-16(11-15-12-26-20-8-5-4-7-19(15)20)27-22(31)21(24)28-23(25)30-13-17-9-10-18(14-30)29(17)2/h4-5,7-8,12,16-18,26H,3,6,9-11,13-14H2,1-2H3,(H,27,31)(H3,24,25,28). The van der Waals surface area contributed by atoms with Crippen LogP contribution < -0.4 is 10.6 Å². The number of amidine groups is 1. The van der Waals surface area contributed by atoms with Crippen LogP contribution in [0.4, 0.5) is 0 Å².